The van der Waals surface area contributed by atoms with E-state index in [0.717, 1.165) is 64.4 Å². The van der Waals surface area contributed by atoms with E-state index in [0.29, 0.717) is 5.92 Å². The first-order valence-electron chi connectivity index (χ1n) is 10.4. The molecule has 5 unspecified atom stereocenters. The molecule has 2 amide bonds. The molecule has 26 heavy (non-hydrogen) atoms. The molecular formula is C20H38N2O4. The van der Waals surface area contributed by atoms with Crippen molar-refractivity contribution in [1.82, 2.24) is 10.6 Å². The van der Waals surface area contributed by atoms with Gasteiger partial charge in [-0.2, -0.15) is 0 Å². The Labute approximate surface area is 158 Å². The lowest BCUT2D eigenvalue weighted by Gasteiger charge is -2.36. The van der Waals surface area contributed by atoms with E-state index in [2.05, 4.69) is 24.5 Å². The first-order chi connectivity index (χ1) is 12.5. The van der Waals surface area contributed by atoms with Gasteiger partial charge in [0.1, 0.15) is 0 Å². The molecule has 0 saturated heterocycles. The third-order valence-corrected chi connectivity index (χ3v) is 5.67. The second-order valence-electron chi connectivity index (χ2n) is 8.31. The number of nitrogens with one attached hydrogen (secondary N) is 2. The molecule has 2 aliphatic carbocycles. The maximum atomic E-state index is 12.3. The van der Waals surface area contributed by atoms with Crippen LogP contribution in [0.15, 0.2) is 0 Å². The van der Waals surface area contributed by atoms with Crippen LogP contribution in [-0.2, 0) is 9.47 Å². The summed E-state index contributed by atoms with van der Waals surface area (Å²) in [6.07, 6.45) is 8.24. The molecule has 0 aromatic rings. The Morgan fingerprint density at radius 2 is 1.88 bits per heavy atom. The predicted molar refractivity (Wildman–Crippen MR) is 102 cm³/mol. The average molecular weight is 371 g/mol. The predicted octanol–water partition coefficient (Wildman–Crippen LogP) is 2.98. The number of aliphatic hydroxyl groups excluding tert-OH is 1. The molecule has 0 spiro atoms. The van der Waals surface area contributed by atoms with E-state index in [4.69, 9.17) is 9.47 Å². The molecule has 2 fully saturated rings. The third-order valence-electron chi connectivity index (χ3n) is 5.67. The van der Waals surface area contributed by atoms with Crippen LogP contribution < -0.4 is 10.6 Å². The van der Waals surface area contributed by atoms with Gasteiger partial charge in [0.2, 0.25) is 0 Å². The lowest BCUT2D eigenvalue weighted by molar-refractivity contribution is -0.0827. The number of rotatable bonds is 8. The molecule has 0 aromatic heterocycles. The van der Waals surface area contributed by atoms with Gasteiger partial charge in [0.15, 0.2) is 0 Å². The quantitative estimate of drug-likeness (QED) is 0.574. The standard InChI is InChI=1S/C20H38N2O4/c1-14(2)7-6-12-26-19-13-15(10-11-18(19)25-3)21-20(24)22-16-8-4-5-9-17(16)23/h14-19,23H,4-13H2,1-3H3,(H2,21,22,24). The zero-order chi connectivity index (χ0) is 18.9. The van der Waals surface area contributed by atoms with Crippen LogP contribution in [0.1, 0.15) is 71.6 Å². The van der Waals surface area contributed by atoms with Gasteiger partial charge >= 0.3 is 6.03 Å². The summed E-state index contributed by atoms with van der Waals surface area (Å²) in [5.41, 5.74) is 0. The van der Waals surface area contributed by atoms with Crippen molar-refractivity contribution in [2.75, 3.05) is 13.7 Å². The van der Waals surface area contributed by atoms with Crippen molar-refractivity contribution in [2.24, 2.45) is 5.92 Å². The van der Waals surface area contributed by atoms with Gasteiger partial charge in [-0.05, 0) is 50.9 Å². The molecule has 5 atom stereocenters. The zero-order valence-electron chi connectivity index (χ0n) is 16.7. The molecule has 0 radical (unpaired) electrons. The SMILES string of the molecule is COC1CCC(NC(=O)NC2CCCCC2O)CC1OCCCC(C)C. The van der Waals surface area contributed by atoms with Crippen LogP contribution in [0.4, 0.5) is 4.79 Å². The van der Waals surface area contributed by atoms with E-state index < -0.39 is 6.10 Å². The molecule has 0 aliphatic heterocycles. The Morgan fingerprint density at radius 3 is 2.58 bits per heavy atom. The number of methoxy groups -OCH3 is 1. The fourth-order valence-electron chi connectivity index (χ4n) is 4.08. The normalized spacial score (nSPS) is 32.4. The second-order valence-corrected chi connectivity index (χ2v) is 8.31. The van der Waals surface area contributed by atoms with Gasteiger partial charge in [0, 0.05) is 19.8 Å². The number of urea groups is 1. The summed E-state index contributed by atoms with van der Waals surface area (Å²) in [5.74, 6) is 0.691. The Bertz CT molecular complexity index is 419. The van der Waals surface area contributed by atoms with Crippen molar-refractivity contribution >= 4 is 6.03 Å². The molecule has 2 aliphatic rings. The summed E-state index contributed by atoms with van der Waals surface area (Å²) in [7, 11) is 1.74. The topological polar surface area (TPSA) is 79.8 Å². The van der Waals surface area contributed by atoms with Gasteiger partial charge in [0.05, 0.1) is 24.4 Å². The number of carbonyl (C=O) groups excluding carboxylic acids is 1. The lowest BCUT2D eigenvalue weighted by atomic mass is 9.90. The largest absolute Gasteiger partial charge is 0.391 e. The van der Waals surface area contributed by atoms with E-state index in [1.54, 1.807) is 7.11 Å². The summed E-state index contributed by atoms with van der Waals surface area (Å²) in [4.78, 5) is 12.3. The summed E-state index contributed by atoms with van der Waals surface area (Å²) in [6, 6.07) is -0.199. The average Bonchev–Trinajstić information content (AvgIpc) is 2.61. The van der Waals surface area contributed by atoms with E-state index in [9.17, 15) is 9.90 Å². The number of aliphatic hydroxyl groups is 1. The summed E-state index contributed by atoms with van der Waals surface area (Å²) in [5, 5.41) is 16.0. The summed E-state index contributed by atoms with van der Waals surface area (Å²) < 4.78 is 11.7. The smallest absolute Gasteiger partial charge is 0.315 e. The fraction of sp³-hybridized carbons (Fsp3) is 0.950. The van der Waals surface area contributed by atoms with Crippen LogP contribution in [0.2, 0.25) is 0 Å². The molecule has 6 heteroatoms. The minimum absolute atomic E-state index is 0.0338. The highest BCUT2D eigenvalue weighted by Gasteiger charge is 2.33. The van der Waals surface area contributed by atoms with Crippen molar-refractivity contribution in [3.63, 3.8) is 0 Å². The van der Waals surface area contributed by atoms with Gasteiger partial charge in [-0.1, -0.05) is 26.7 Å². The third kappa shape index (κ3) is 7.05. The molecule has 3 N–H and O–H groups in total. The Morgan fingerprint density at radius 1 is 1.12 bits per heavy atom. The maximum absolute atomic E-state index is 12.3. The zero-order valence-corrected chi connectivity index (χ0v) is 16.7. The first-order valence-corrected chi connectivity index (χ1v) is 10.4. The Kier molecular flexibility index (Phi) is 9.16. The molecule has 6 nitrogen and oxygen atoms in total. The van der Waals surface area contributed by atoms with Crippen LogP contribution in [0.5, 0.6) is 0 Å². The molecule has 0 bridgehead atoms. The van der Waals surface area contributed by atoms with E-state index in [-0.39, 0.29) is 30.3 Å². The lowest BCUT2D eigenvalue weighted by Crippen LogP contribution is -2.53. The highest BCUT2D eigenvalue weighted by Crippen LogP contribution is 2.25. The highest BCUT2D eigenvalue weighted by atomic mass is 16.5. The Hall–Kier alpha value is -0.850. The van der Waals surface area contributed by atoms with Crippen LogP contribution in [0.25, 0.3) is 0 Å². The fourth-order valence-corrected chi connectivity index (χ4v) is 4.08. The van der Waals surface area contributed by atoms with Crippen LogP contribution in [0, 0.1) is 5.92 Å². The Balaban J connectivity index is 1.75. The summed E-state index contributed by atoms with van der Waals surface area (Å²) >= 11 is 0. The first kappa shape index (κ1) is 21.5. The second kappa shape index (κ2) is 11.1. The molecule has 2 rings (SSSR count). The van der Waals surface area contributed by atoms with Crippen molar-refractivity contribution < 1.29 is 19.4 Å². The number of hydrogen-bond acceptors (Lipinski definition) is 4. The van der Waals surface area contributed by atoms with Gasteiger partial charge in [-0.3, -0.25) is 0 Å². The van der Waals surface area contributed by atoms with Crippen molar-refractivity contribution in [2.45, 2.75) is 102 Å². The van der Waals surface area contributed by atoms with Crippen molar-refractivity contribution in [1.29, 1.82) is 0 Å². The molecule has 0 aromatic carbocycles. The molecular weight excluding hydrogens is 332 g/mol. The highest BCUT2D eigenvalue weighted by molar-refractivity contribution is 5.74. The maximum Gasteiger partial charge on any atom is 0.315 e. The van der Waals surface area contributed by atoms with Crippen LogP contribution in [-0.4, -0.2) is 55.2 Å². The minimum Gasteiger partial charge on any atom is -0.391 e. The number of carbonyl (C=O) groups is 1. The van der Waals surface area contributed by atoms with Crippen LogP contribution in [0.3, 0.4) is 0 Å². The van der Waals surface area contributed by atoms with E-state index in [1.807, 2.05) is 0 Å². The summed E-state index contributed by atoms with van der Waals surface area (Å²) in [6.45, 7) is 5.19. The molecule has 2 saturated carbocycles. The monoisotopic (exact) mass is 370 g/mol. The van der Waals surface area contributed by atoms with E-state index in [1.165, 1.54) is 0 Å². The van der Waals surface area contributed by atoms with Crippen molar-refractivity contribution in [3.05, 3.63) is 0 Å². The number of amides is 2. The van der Waals surface area contributed by atoms with Gasteiger partial charge in [-0.25, -0.2) is 4.79 Å². The number of ether oxygens (including phenoxy) is 2. The van der Waals surface area contributed by atoms with Gasteiger partial charge in [-0.15, -0.1) is 0 Å². The van der Waals surface area contributed by atoms with Crippen molar-refractivity contribution in [3.8, 4) is 0 Å². The van der Waals surface area contributed by atoms with Gasteiger partial charge < -0.3 is 25.2 Å². The number of hydrogen-bond donors (Lipinski definition) is 3. The van der Waals surface area contributed by atoms with Crippen LogP contribution >= 0.6 is 0 Å². The molecule has 0 heterocycles. The van der Waals surface area contributed by atoms with E-state index >= 15 is 0 Å². The molecule has 152 valence electrons. The minimum atomic E-state index is -0.421. The van der Waals surface area contributed by atoms with Gasteiger partial charge in [0.25, 0.3) is 0 Å².